The van der Waals surface area contributed by atoms with Gasteiger partial charge in [-0.15, -0.1) is 11.8 Å². The van der Waals surface area contributed by atoms with Crippen molar-refractivity contribution in [3.63, 3.8) is 0 Å². The molecule has 0 spiro atoms. The molecule has 39 heavy (non-hydrogen) atoms. The molecule has 0 aliphatic carbocycles. The zero-order valence-electron chi connectivity index (χ0n) is 24.2. The van der Waals surface area contributed by atoms with Crippen LogP contribution in [0.1, 0.15) is 92.0 Å². The maximum absolute atomic E-state index is 13.4. The van der Waals surface area contributed by atoms with Gasteiger partial charge in [-0.1, -0.05) is 71.1 Å². The number of amides is 4. The zero-order chi connectivity index (χ0) is 27.8. The van der Waals surface area contributed by atoms with Gasteiger partial charge in [0.2, 0.25) is 11.8 Å². The second kappa shape index (κ2) is 14.4. The van der Waals surface area contributed by atoms with E-state index >= 15 is 0 Å². The largest absolute Gasteiger partial charge is 0.342 e. The molecule has 2 saturated heterocycles. The van der Waals surface area contributed by atoms with E-state index in [2.05, 4.69) is 37.1 Å². The molecule has 0 saturated carbocycles. The first-order chi connectivity index (χ1) is 18.9. The Kier molecular flexibility index (Phi) is 11.0. The molecule has 2 atom stereocenters. The van der Waals surface area contributed by atoms with Crippen molar-refractivity contribution in [1.29, 1.82) is 0 Å². The minimum absolute atomic E-state index is 0. The zero-order valence-corrected chi connectivity index (χ0v) is 25.0. The van der Waals surface area contributed by atoms with E-state index in [0.29, 0.717) is 25.6 Å². The number of thioether (sulfide) groups is 1. The molecule has 2 fully saturated rings. The lowest BCUT2D eigenvalue weighted by atomic mass is 10.0. The van der Waals surface area contributed by atoms with Crippen LogP contribution >= 0.6 is 11.8 Å². The number of unbranched alkanes of at least 4 members (excludes halogenated alkanes) is 4. The van der Waals surface area contributed by atoms with Crippen molar-refractivity contribution in [3.05, 3.63) is 29.8 Å². The van der Waals surface area contributed by atoms with E-state index in [0.717, 1.165) is 50.8 Å². The molecule has 0 aromatic heterocycles. The quantitative estimate of drug-likeness (QED) is 0.302. The monoisotopic (exact) mass is 558 g/mol. The average molecular weight is 559 g/mol. The van der Waals surface area contributed by atoms with E-state index in [-0.39, 0.29) is 42.4 Å². The number of hydrogen-bond donors (Lipinski definition) is 1. The van der Waals surface area contributed by atoms with Gasteiger partial charge in [0.1, 0.15) is 0 Å². The fraction of sp³-hybridized carbons (Fsp3) is 0.710. The van der Waals surface area contributed by atoms with Crippen molar-refractivity contribution < 1.29 is 15.8 Å². The number of anilines is 1. The predicted molar refractivity (Wildman–Crippen MR) is 162 cm³/mol. The Balaban J connectivity index is 0.00000441. The summed E-state index contributed by atoms with van der Waals surface area (Å²) in [6.45, 7) is 9.40. The molecule has 3 aliphatic heterocycles. The molecule has 1 aromatic rings. The van der Waals surface area contributed by atoms with E-state index in [4.69, 9.17) is 0 Å². The number of nitrogens with one attached hydrogen (secondary N) is 1. The number of para-hydroxylation sites is 1. The van der Waals surface area contributed by atoms with Gasteiger partial charge in [-0.2, -0.15) is 0 Å². The van der Waals surface area contributed by atoms with Crippen molar-refractivity contribution in [2.45, 2.75) is 108 Å². The summed E-state index contributed by atoms with van der Waals surface area (Å²) in [5, 5.41) is 3.00. The Morgan fingerprint density at radius 1 is 1.08 bits per heavy atom. The van der Waals surface area contributed by atoms with Crippen molar-refractivity contribution in [3.8, 4) is 0 Å². The van der Waals surface area contributed by atoms with Crippen LogP contribution in [0.2, 0.25) is 0 Å². The van der Waals surface area contributed by atoms with Crippen LogP contribution in [0.4, 0.5) is 10.5 Å². The second-order valence-electron chi connectivity index (χ2n) is 11.8. The lowest BCUT2D eigenvalue weighted by Crippen LogP contribution is -2.50. The fourth-order valence-electron chi connectivity index (χ4n) is 6.03. The van der Waals surface area contributed by atoms with Gasteiger partial charge < -0.3 is 20.0 Å². The molecule has 0 bridgehead atoms. The molecule has 218 valence electrons. The van der Waals surface area contributed by atoms with Crippen LogP contribution in [-0.4, -0.2) is 75.4 Å². The highest BCUT2D eigenvalue weighted by atomic mass is 32.2. The van der Waals surface area contributed by atoms with Gasteiger partial charge in [-0.05, 0) is 49.7 Å². The Morgan fingerprint density at radius 3 is 2.56 bits per heavy atom. The number of rotatable bonds is 12. The van der Waals surface area contributed by atoms with Crippen LogP contribution in [0.5, 0.6) is 0 Å². The summed E-state index contributed by atoms with van der Waals surface area (Å²) in [7, 11) is 0. The maximum Gasteiger partial charge on any atom is 0.322 e. The summed E-state index contributed by atoms with van der Waals surface area (Å²) in [6.07, 6.45) is 10.8. The second-order valence-corrected chi connectivity index (χ2v) is 13.2. The van der Waals surface area contributed by atoms with E-state index in [9.17, 15) is 14.4 Å². The SMILES string of the molecule is CCCCCCCC1SC(CC(=O)N2CCC(N3CCc4ccccc4NC3=O)CC2)C(=O)N1CCC(C)C.[HH]. The van der Waals surface area contributed by atoms with Gasteiger partial charge in [0.05, 0.1) is 10.6 Å². The van der Waals surface area contributed by atoms with Crippen molar-refractivity contribution in [1.82, 2.24) is 14.7 Å². The smallest absolute Gasteiger partial charge is 0.322 e. The first kappa shape index (κ1) is 29.8. The van der Waals surface area contributed by atoms with Gasteiger partial charge in [0.25, 0.3) is 0 Å². The highest BCUT2D eigenvalue weighted by molar-refractivity contribution is 8.01. The molecule has 2 unspecified atom stereocenters. The molecular formula is C31H50N4O3S. The fourth-order valence-corrected chi connectivity index (χ4v) is 7.56. The number of hydrogen-bond acceptors (Lipinski definition) is 4. The topological polar surface area (TPSA) is 73.0 Å². The highest BCUT2D eigenvalue weighted by Gasteiger charge is 2.41. The van der Waals surface area contributed by atoms with Crippen molar-refractivity contribution >= 4 is 35.3 Å². The van der Waals surface area contributed by atoms with Gasteiger partial charge in [-0.25, -0.2) is 4.79 Å². The summed E-state index contributed by atoms with van der Waals surface area (Å²) in [5.74, 6) is 0.790. The lowest BCUT2D eigenvalue weighted by molar-refractivity contribution is -0.136. The minimum atomic E-state index is -0.266. The molecule has 7 nitrogen and oxygen atoms in total. The van der Waals surface area contributed by atoms with Crippen LogP contribution in [0.3, 0.4) is 0 Å². The van der Waals surface area contributed by atoms with Gasteiger partial charge in [0.15, 0.2) is 0 Å². The summed E-state index contributed by atoms with van der Waals surface area (Å²) in [5.41, 5.74) is 2.07. The van der Waals surface area contributed by atoms with Crippen LogP contribution in [-0.2, 0) is 16.0 Å². The third-order valence-corrected chi connectivity index (χ3v) is 9.99. The first-order valence-electron chi connectivity index (χ1n) is 15.3. The van der Waals surface area contributed by atoms with E-state index in [1.807, 2.05) is 28.0 Å². The molecule has 3 heterocycles. The number of fused-ring (bicyclic) bond motifs is 1. The van der Waals surface area contributed by atoms with Crippen LogP contribution < -0.4 is 5.32 Å². The van der Waals surface area contributed by atoms with Gasteiger partial charge in [-0.3, -0.25) is 9.59 Å². The van der Waals surface area contributed by atoms with E-state index in [1.54, 1.807) is 11.8 Å². The average Bonchev–Trinajstić information content (AvgIpc) is 3.10. The van der Waals surface area contributed by atoms with Crippen LogP contribution in [0.25, 0.3) is 0 Å². The van der Waals surface area contributed by atoms with Crippen molar-refractivity contribution in [2.75, 3.05) is 31.5 Å². The van der Waals surface area contributed by atoms with Crippen LogP contribution in [0.15, 0.2) is 24.3 Å². The number of urea groups is 1. The highest BCUT2D eigenvalue weighted by Crippen LogP contribution is 2.37. The summed E-state index contributed by atoms with van der Waals surface area (Å²) in [6, 6.07) is 8.09. The van der Waals surface area contributed by atoms with Crippen LogP contribution in [0, 0.1) is 5.92 Å². The van der Waals surface area contributed by atoms with Crippen molar-refractivity contribution in [2.24, 2.45) is 5.92 Å². The Hall–Kier alpha value is -2.22. The molecule has 1 N–H and O–H groups in total. The Bertz CT molecular complexity index is 985. The molecular weight excluding hydrogens is 508 g/mol. The third-order valence-electron chi connectivity index (χ3n) is 8.49. The van der Waals surface area contributed by atoms with Gasteiger partial charge >= 0.3 is 6.03 Å². The first-order valence-corrected chi connectivity index (χ1v) is 16.2. The number of piperidine rings is 1. The molecule has 3 aliphatic rings. The van der Waals surface area contributed by atoms with Gasteiger partial charge in [0, 0.05) is 45.8 Å². The third kappa shape index (κ3) is 7.92. The van der Waals surface area contributed by atoms with E-state index < -0.39 is 0 Å². The normalized spacial score (nSPS) is 22.3. The number of carbonyl (C=O) groups excluding carboxylic acids is 3. The number of benzene rings is 1. The minimum Gasteiger partial charge on any atom is -0.342 e. The number of carbonyl (C=O) groups is 3. The molecule has 8 heteroatoms. The molecule has 4 rings (SSSR count). The molecule has 4 amide bonds. The number of likely N-dealkylation sites (tertiary alicyclic amines) is 1. The lowest BCUT2D eigenvalue weighted by Gasteiger charge is -2.38. The number of nitrogens with zero attached hydrogens (tertiary/aromatic N) is 3. The Morgan fingerprint density at radius 2 is 1.82 bits per heavy atom. The Labute approximate surface area is 240 Å². The molecule has 1 aromatic carbocycles. The molecule has 0 radical (unpaired) electrons. The maximum atomic E-state index is 13.4. The summed E-state index contributed by atoms with van der Waals surface area (Å²) >= 11 is 1.72. The predicted octanol–water partition coefficient (Wildman–Crippen LogP) is 6.38. The summed E-state index contributed by atoms with van der Waals surface area (Å²) < 4.78 is 0. The standard InChI is InChI=1S/C31H48N4O3S.H2/c1-4-5-6-7-8-13-29-35(20-14-23(2)3)30(37)27(39-29)22-28(36)33-18-16-25(17-19-33)34-21-15-24-11-9-10-12-26(24)32-31(34)38;/h9-12,23,25,27,29H,4-8,13-22H2,1-3H3,(H,32,38);1H. The summed E-state index contributed by atoms with van der Waals surface area (Å²) in [4.78, 5) is 45.6. The van der Waals surface area contributed by atoms with E-state index in [1.165, 1.54) is 31.2 Å².